The lowest BCUT2D eigenvalue weighted by molar-refractivity contribution is 0.0925. The Balaban J connectivity index is 1.44. The first-order chi connectivity index (χ1) is 16.1. The summed E-state index contributed by atoms with van der Waals surface area (Å²) in [5.41, 5.74) is 6.51. The minimum Gasteiger partial charge on any atom is -0.489 e. The van der Waals surface area contributed by atoms with Crippen molar-refractivity contribution in [3.8, 4) is 28.1 Å². The van der Waals surface area contributed by atoms with Crippen LogP contribution in [-0.2, 0) is 13.2 Å². The number of aromatic nitrogens is 3. The highest BCUT2D eigenvalue weighted by Crippen LogP contribution is 2.36. The number of fused-ring (bicyclic) bond motifs is 1. The predicted molar refractivity (Wildman–Crippen MR) is 128 cm³/mol. The number of hydrogen-bond donors (Lipinski definition) is 1. The smallest absolute Gasteiger partial charge is 0.270 e. The molecule has 2 aromatic carbocycles. The Hall–Kier alpha value is -3.93. The highest BCUT2D eigenvalue weighted by atomic mass is 16.5. The van der Waals surface area contributed by atoms with Gasteiger partial charge in [0.25, 0.3) is 5.91 Å². The number of rotatable bonds is 6. The van der Waals surface area contributed by atoms with E-state index in [0.29, 0.717) is 31.3 Å². The second kappa shape index (κ2) is 8.90. The Kier molecular flexibility index (Phi) is 5.65. The molecule has 4 aromatic rings. The number of pyridine rings is 1. The van der Waals surface area contributed by atoms with Gasteiger partial charge >= 0.3 is 0 Å². The molecule has 0 fully saturated rings. The van der Waals surface area contributed by atoms with E-state index < -0.39 is 0 Å². The largest absolute Gasteiger partial charge is 0.489 e. The minimum atomic E-state index is -0.102. The van der Waals surface area contributed by atoms with E-state index in [2.05, 4.69) is 48.4 Å². The zero-order valence-electron chi connectivity index (χ0n) is 18.8. The van der Waals surface area contributed by atoms with E-state index in [1.54, 1.807) is 17.1 Å². The quantitative estimate of drug-likeness (QED) is 0.457. The number of amides is 1. The molecule has 0 unspecified atom stereocenters. The molecule has 0 spiro atoms. The third kappa shape index (κ3) is 4.24. The van der Waals surface area contributed by atoms with Crippen LogP contribution >= 0.6 is 0 Å². The molecule has 0 atom stereocenters. The van der Waals surface area contributed by atoms with Crippen molar-refractivity contribution in [3.05, 3.63) is 89.9 Å². The van der Waals surface area contributed by atoms with Crippen molar-refractivity contribution in [1.82, 2.24) is 20.1 Å². The first kappa shape index (κ1) is 20.9. The summed E-state index contributed by atoms with van der Waals surface area (Å²) in [4.78, 5) is 16.8. The van der Waals surface area contributed by atoms with Crippen LogP contribution in [-0.4, -0.2) is 27.2 Å². The van der Waals surface area contributed by atoms with Crippen LogP contribution in [0.25, 0.3) is 22.4 Å². The molecule has 0 bridgehead atoms. The lowest BCUT2D eigenvalue weighted by Gasteiger charge is -2.15. The Bertz CT molecular complexity index is 1280. The summed E-state index contributed by atoms with van der Waals surface area (Å²) in [6.45, 7) is 6.11. The second-order valence-electron chi connectivity index (χ2n) is 8.50. The summed E-state index contributed by atoms with van der Waals surface area (Å²) < 4.78 is 7.84. The van der Waals surface area contributed by atoms with Gasteiger partial charge in [0.15, 0.2) is 0 Å². The summed E-state index contributed by atoms with van der Waals surface area (Å²) in [5.74, 6) is 1.16. The molecule has 6 heteroatoms. The van der Waals surface area contributed by atoms with E-state index in [-0.39, 0.29) is 5.91 Å². The first-order valence-corrected chi connectivity index (χ1v) is 11.2. The van der Waals surface area contributed by atoms with Gasteiger partial charge in [0, 0.05) is 30.1 Å². The van der Waals surface area contributed by atoms with Gasteiger partial charge in [-0.25, -0.2) is 0 Å². The van der Waals surface area contributed by atoms with Crippen LogP contribution < -0.4 is 10.1 Å². The Labute approximate surface area is 193 Å². The molecule has 1 N–H and O–H groups in total. The fourth-order valence-electron chi connectivity index (χ4n) is 4.13. The van der Waals surface area contributed by atoms with Gasteiger partial charge in [-0.15, -0.1) is 0 Å². The number of ether oxygens (including phenoxy) is 1. The van der Waals surface area contributed by atoms with Crippen molar-refractivity contribution in [2.24, 2.45) is 0 Å². The topological polar surface area (TPSA) is 69.0 Å². The van der Waals surface area contributed by atoms with Crippen LogP contribution in [0, 0.1) is 0 Å². The summed E-state index contributed by atoms with van der Waals surface area (Å²) >= 11 is 0. The van der Waals surface area contributed by atoms with Crippen molar-refractivity contribution < 1.29 is 9.53 Å². The molecular formula is C27H26N4O2. The van der Waals surface area contributed by atoms with E-state index in [1.807, 2.05) is 36.4 Å². The normalized spacial score (nSPS) is 13.0. The van der Waals surface area contributed by atoms with E-state index in [9.17, 15) is 4.79 Å². The van der Waals surface area contributed by atoms with Crippen LogP contribution in [0.1, 0.15) is 41.4 Å². The number of hydrogen-bond acceptors (Lipinski definition) is 4. The fourth-order valence-corrected chi connectivity index (χ4v) is 4.13. The van der Waals surface area contributed by atoms with E-state index in [1.165, 1.54) is 5.56 Å². The summed E-state index contributed by atoms with van der Waals surface area (Å²) in [6, 6.07) is 20.2. The molecule has 1 aliphatic heterocycles. The average Bonchev–Trinajstić information content (AvgIpc) is 3.25. The summed E-state index contributed by atoms with van der Waals surface area (Å²) in [5, 5.41) is 7.70. The fraction of sp³-hybridized carbons (Fsp3) is 0.222. The maximum absolute atomic E-state index is 12.7. The number of benzene rings is 2. The van der Waals surface area contributed by atoms with Crippen LogP contribution in [0.15, 0.2) is 73.1 Å². The van der Waals surface area contributed by atoms with E-state index in [0.717, 1.165) is 33.7 Å². The molecule has 1 amide bonds. The SMILES string of the molecule is CC(C)c1cccc(COc2ccc(-c3c(-c4ccncc4)nn4c3C(=O)NCC4)cc2)c1. The molecule has 0 saturated carbocycles. The first-order valence-electron chi connectivity index (χ1n) is 11.2. The Morgan fingerprint density at radius 3 is 2.58 bits per heavy atom. The summed E-state index contributed by atoms with van der Waals surface area (Å²) in [6.07, 6.45) is 3.48. The number of nitrogens with zero attached hydrogens (tertiary/aromatic N) is 3. The third-order valence-corrected chi connectivity index (χ3v) is 5.90. The van der Waals surface area contributed by atoms with Gasteiger partial charge < -0.3 is 10.1 Å². The third-order valence-electron chi connectivity index (χ3n) is 5.90. The van der Waals surface area contributed by atoms with Gasteiger partial charge in [-0.1, -0.05) is 50.2 Å². The highest BCUT2D eigenvalue weighted by Gasteiger charge is 2.27. The zero-order valence-corrected chi connectivity index (χ0v) is 18.8. The summed E-state index contributed by atoms with van der Waals surface area (Å²) in [7, 11) is 0. The van der Waals surface area contributed by atoms with Crippen molar-refractivity contribution in [2.75, 3.05) is 6.54 Å². The van der Waals surface area contributed by atoms with E-state index >= 15 is 0 Å². The maximum Gasteiger partial charge on any atom is 0.270 e. The van der Waals surface area contributed by atoms with Crippen molar-refractivity contribution in [1.29, 1.82) is 0 Å². The van der Waals surface area contributed by atoms with Crippen LogP contribution in [0.2, 0.25) is 0 Å². The molecule has 0 radical (unpaired) electrons. The van der Waals surface area contributed by atoms with Gasteiger partial charge in [0.05, 0.1) is 6.54 Å². The number of carbonyl (C=O) groups excluding carboxylic acids is 1. The average molecular weight is 439 g/mol. The molecule has 3 heterocycles. The molecular weight excluding hydrogens is 412 g/mol. The molecule has 1 aliphatic rings. The number of nitrogens with one attached hydrogen (secondary N) is 1. The lowest BCUT2D eigenvalue weighted by Crippen LogP contribution is -2.35. The maximum atomic E-state index is 12.7. The minimum absolute atomic E-state index is 0.102. The zero-order chi connectivity index (χ0) is 22.8. The Morgan fingerprint density at radius 2 is 1.82 bits per heavy atom. The van der Waals surface area contributed by atoms with Crippen molar-refractivity contribution >= 4 is 5.91 Å². The molecule has 33 heavy (non-hydrogen) atoms. The predicted octanol–water partition coefficient (Wildman–Crippen LogP) is 5.06. The van der Waals surface area contributed by atoms with Crippen molar-refractivity contribution in [3.63, 3.8) is 0 Å². The van der Waals surface area contributed by atoms with Gasteiger partial charge in [-0.05, 0) is 46.9 Å². The molecule has 6 nitrogen and oxygen atoms in total. The number of carbonyl (C=O) groups is 1. The Morgan fingerprint density at radius 1 is 1.03 bits per heavy atom. The van der Waals surface area contributed by atoms with Crippen LogP contribution in [0.3, 0.4) is 0 Å². The molecule has 166 valence electrons. The second-order valence-corrected chi connectivity index (χ2v) is 8.50. The monoisotopic (exact) mass is 438 g/mol. The molecule has 2 aromatic heterocycles. The van der Waals surface area contributed by atoms with Gasteiger partial charge in [0.1, 0.15) is 23.7 Å². The van der Waals surface area contributed by atoms with Crippen LogP contribution in [0.4, 0.5) is 0 Å². The highest BCUT2D eigenvalue weighted by molar-refractivity contribution is 6.03. The standard InChI is InChI=1S/C27H26N4O2/c1-18(2)22-5-3-4-19(16-22)17-33-23-8-6-20(7-9-23)24-25(21-10-12-28-13-11-21)30-31-15-14-29-27(32)26(24)31/h3-13,16,18H,14-15,17H2,1-2H3,(H,29,32). The van der Waals surface area contributed by atoms with Crippen LogP contribution in [0.5, 0.6) is 5.75 Å². The molecule has 0 saturated heterocycles. The lowest BCUT2D eigenvalue weighted by atomic mass is 9.98. The van der Waals surface area contributed by atoms with E-state index in [4.69, 9.17) is 9.84 Å². The van der Waals surface area contributed by atoms with Gasteiger partial charge in [-0.3, -0.25) is 14.5 Å². The van der Waals surface area contributed by atoms with Crippen molar-refractivity contribution in [2.45, 2.75) is 32.9 Å². The molecule has 5 rings (SSSR count). The molecule has 0 aliphatic carbocycles. The van der Waals surface area contributed by atoms with Gasteiger partial charge in [0.2, 0.25) is 0 Å². The van der Waals surface area contributed by atoms with Gasteiger partial charge in [-0.2, -0.15) is 5.10 Å².